The molecule has 0 saturated carbocycles. The van der Waals surface area contributed by atoms with Crippen LogP contribution in [-0.4, -0.2) is 57.7 Å². The van der Waals surface area contributed by atoms with Gasteiger partial charge >= 0.3 is 46.7 Å². The molecule has 3 atom stereocenters. The van der Waals surface area contributed by atoms with Crippen LogP contribution < -0.4 is 15.3 Å². The second-order valence-electron chi connectivity index (χ2n) is 15.5. The Balaban J connectivity index is -0.000000340. The Hall–Kier alpha value is 0.259. The summed E-state index contributed by atoms with van der Waals surface area (Å²) in [6.07, 6.45) is 37.0. The molecule has 3 unspecified atom stereocenters. The topological polar surface area (TPSA) is 120 Å². The Kier molecular flexibility index (Phi) is 62.1. The number of aliphatic carboxylic acids is 3. The van der Waals surface area contributed by atoms with E-state index in [1.165, 1.54) is 133 Å². The molecule has 56 heavy (non-hydrogen) atoms. The summed E-state index contributed by atoms with van der Waals surface area (Å²) in [7, 11) is 0. The number of unbranched alkanes of at least 4 members (excludes halogenated alkanes) is 22. The number of hydrogen-bond donors (Lipinski definition) is 3. The van der Waals surface area contributed by atoms with Crippen molar-refractivity contribution in [1.29, 1.82) is 0 Å². The first-order valence-electron chi connectivity index (χ1n) is 23.2. The van der Waals surface area contributed by atoms with E-state index in [0.717, 1.165) is 57.8 Å². The van der Waals surface area contributed by atoms with Crippen molar-refractivity contribution < 1.29 is 29.7 Å². The van der Waals surface area contributed by atoms with Crippen LogP contribution in [0.3, 0.4) is 0 Å². The number of carboxylic acid groups (broad SMARTS) is 3. The minimum absolute atomic E-state index is 0.285. The first-order valence-corrected chi connectivity index (χ1v) is 27.1. The molecule has 0 heterocycles. The number of rotatable bonds is 38. The van der Waals surface area contributed by atoms with E-state index < -0.39 is 17.9 Å². The van der Waals surface area contributed by atoms with E-state index in [1.54, 1.807) is 22.5 Å². The quantitative estimate of drug-likeness (QED) is 0.0322. The van der Waals surface area contributed by atoms with Crippen LogP contribution in [0.25, 0.3) is 0 Å². The van der Waals surface area contributed by atoms with Gasteiger partial charge in [0.1, 0.15) is 0 Å². The van der Waals surface area contributed by atoms with Gasteiger partial charge < -0.3 is 29.7 Å². The Morgan fingerprint density at radius 2 is 0.554 bits per heavy atom. The van der Waals surface area contributed by atoms with Gasteiger partial charge in [-0.1, -0.05) is 175 Å². The van der Waals surface area contributed by atoms with Gasteiger partial charge in [-0.15, -0.1) is 0 Å². The van der Waals surface area contributed by atoms with E-state index in [9.17, 15) is 29.7 Å². The molecule has 0 rings (SSSR count). The van der Waals surface area contributed by atoms with E-state index in [2.05, 4.69) is 65.6 Å². The zero-order chi connectivity index (χ0) is 42.9. The van der Waals surface area contributed by atoms with Crippen molar-refractivity contribution >= 4 is 78.3 Å². The van der Waals surface area contributed by atoms with E-state index >= 15 is 0 Å². The molecule has 0 radical (unpaired) electrons. The summed E-state index contributed by atoms with van der Waals surface area (Å²) >= 11 is 13.9. The summed E-state index contributed by atoms with van der Waals surface area (Å²) < 4.78 is 1.43. The fourth-order valence-electron chi connectivity index (χ4n) is 6.36. The van der Waals surface area contributed by atoms with Crippen LogP contribution in [0.15, 0.2) is 0 Å². The molecule has 10 heteroatoms. The standard InChI is InChI=1S/3C14H28O2S.C4H9.Sn/c3*1-2-3-4-5-6-7-8-9-10-13(11-12-17)14(15)16;1-3-4-2;/h3*13,17H,2-12H2,1H3,(H,15,16);1,3-4H2,2H3;/q;;;;+3/p-3. The van der Waals surface area contributed by atoms with Crippen LogP contribution in [0.4, 0.5) is 0 Å². The zero-order valence-electron chi connectivity index (χ0n) is 37.0. The molecule has 0 aromatic heterocycles. The molecule has 6 nitrogen and oxygen atoms in total. The van der Waals surface area contributed by atoms with Gasteiger partial charge in [0.05, 0.1) is 0 Å². The Morgan fingerprint density at radius 3 is 0.696 bits per heavy atom. The molecule has 0 saturated heterocycles. The monoisotopic (exact) mass is 954 g/mol. The van der Waals surface area contributed by atoms with Crippen molar-refractivity contribution in [2.24, 2.45) is 17.8 Å². The number of carbonyl (C=O) groups excluding carboxylic acids is 3. The molecule has 0 aliphatic carbocycles. The van der Waals surface area contributed by atoms with Crippen LogP contribution in [0.2, 0.25) is 4.44 Å². The molecule has 0 spiro atoms. The van der Waals surface area contributed by atoms with Crippen LogP contribution in [-0.2, 0) is 14.4 Å². The predicted molar refractivity (Wildman–Crippen MR) is 248 cm³/mol. The van der Waals surface area contributed by atoms with Crippen molar-refractivity contribution in [1.82, 2.24) is 0 Å². The number of hydrogen-bond acceptors (Lipinski definition) is 9. The van der Waals surface area contributed by atoms with E-state index in [4.69, 9.17) is 0 Å². The predicted octanol–water partition coefficient (Wildman–Crippen LogP) is 11.0. The van der Waals surface area contributed by atoms with Gasteiger partial charge in [-0.3, -0.25) is 0 Å². The zero-order valence-corrected chi connectivity index (χ0v) is 42.5. The Bertz CT molecular complexity index is 695. The Morgan fingerprint density at radius 1 is 0.357 bits per heavy atom. The molecular formula is C46H90O6S3Sn. The molecule has 0 amide bonds. The second-order valence-corrected chi connectivity index (χ2v) is 18.2. The van der Waals surface area contributed by atoms with Crippen molar-refractivity contribution in [2.45, 2.75) is 238 Å². The van der Waals surface area contributed by atoms with Gasteiger partial charge in [0, 0.05) is 17.9 Å². The van der Waals surface area contributed by atoms with Gasteiger partial charge in [-0.25, -0.2) is 0 Å². The molecule has 0 aromatic rings. The minimum atomic E-state index is -0.901. The van der Waals surface area contributed by atoms with E-state index in [0.29, 0.717) is 36.5 Å². The third-order valence-electron chi connectivity index (χ3n) is 10.2. The van der Waals surface area contributed by atoms with Crippen molar-refractivity contribution in [3.05, 3.63) is 0 Å². The van der Waals surface area contributed by atoms with Crippen molar-refractivity contribution in [3.8, 4) is 0 Å². The van der Waals surface area contributed by atoms with Gasteiger partial charge in [0.2, 0.25) is 0 Å². The summed E-state index contributed by atoms with van der Waals surface area (Å²) in [5.74, 6) is -1.65. The van der Waals surface area contributed by atoms with Crippen LogP contribution >= 0.6 is 37.9 Å². The maximum absolute atomic E-state index is 10.8. The summed E-state index contributed by atoms with van der Waals surface area (Å²) in [6, 6.07) is 0. The third-order valence-corrected chi connectivity index (χ3v) is 12.0. The van der Waals surface area contributed by atoms with Gasteiger partial charge in [-0.05, 0) is 73.5 Å². The number of thiol groups is 3. The summed E-state index contributed by atoms with van der Waals surface area (Å²) in [6.45, 7) is 8.90. The molecule has 0 fully saturated rings. The molecule has 0 aliphatic heterocycles. The van der Waals surface area contributed by atoms with Gasteiger partial charge in [0.25, 0.3) is 0 Å². The third kappa shape index (κ3) is 54.3. The second kappa shape index (κ2) is 55.3. The summed E-state index contributed by atoms with van der Waals surface area (Å²) in [5.41, 5.74) is 0. The molecule has 0 N–H and O–H groups in total. The molecule has 332 valence electrons. The van der Waals surface area contributed by atoms with Gasteiger partial charge in [0.15, 0.2) is 0 Å². The molecule has 0 bridgehead atoms. The number of carbonyl (C=O) groups is 3. The average Bonchev–Trinajstić information content (AvgIpc) is 3.17. The molecule has 0 aliphatic rings. The normalized spacial score (nSPS) is 12.2. The number of carboxylic acids is 3. The van der Waals surface area contributed by atoms with Gasteiger partial charge in [-0.2, -0.15) is 37.9 Å². The van der Waals surface area contributed by atoms with Crippen LogP contribution in [0.5, 0.6) is 0 Å². The van der Waals surface area contributed by atoms with Crippen molar-refractivity contribution in [3.63, 3.8) is 0 Å². The average molecular weight is 954 g/mol. The van der Waals surface area contributed by atoms with Crippen LogP contribution in [0, 0.1) is 17.8 Å². The Labute approximate surface area is 378 Å². The summed E-state index contributed by atoms with van der Waals surface area (Å²) in [4.78, 5) is 32.3. The fraction of sp³-hybridized carbons (Fsp3) is 0.935. The van der Waals surface area contributed by atoms with E-state index in [1.807, 2.05) is 0 Å². The van der Waals surface area contributed by atoms with Crippen molar-refractivity contribution in [2.75, 3.05) is 17.3 Å². The fourth-order valence-corrected chi connectivity index (χ4v) is 8.30. The first-order chi connectivity index (χ1) is 27.1. The van der Waals surface area contributed by atoms with E-state index in [-0.39, 0.29) is 17.8 Å². The molecule has 0 aromatic carbocycles. The summed E-state index contributed by atoms with van der Waals surface area (Å²) in [5, 5.41) is 32.3. The maximum atomic E-state index is 10.8. The SMILES string of the molecule is CCCCCCCCCCC(CCS)C(=O)[O-].CCCCCCCCCCC(CCS)C(=O)[O-].CCCCCCCCCCC(CCS)C(=O)[O-].CCC[CH2][Sn+3]. The van der Waals surface area contributed by atoms with Crippen LogP contribution in [0.1, 0.15) is 233 Å². The molecular weight excluding hydrogens is 863 g/mol. The first kappa shape index (κ1) is 62.9.